The first kappa shape index (κ1) is 13.0. The van der Waals surface area contributed by atoms with E-state index in [1.54, 1.807) is 0 Å². The molecule has 4 nitrogen and oxygen atoms in total. The Kier molecular flexibility index (Phi) is 3.46. The predicted molar refractivity (Wildman–Crippen MR) is 58.9 cm³/mol. The minimum absolute atomic E-state index is 0.241. The first-order valence-corrected chi connectivity index (χ1v) is 5.12. The van der Waals surface area contributed by atoms with Crippen molar-refractivity contribution < 1.29 is 22.7 Å². The second kappa shape index (κ2) is 5.05. The molecule has 0 unspecified atom stereocenters. The second-order valence-electron chi connectivity index (χ2n) is 3.51. The van der Waals surface area contributed by atoms with Crippen LogP contribution in [0.4, 0.5) is 13.2 Å². The SMILES string of the molecule is O=Cc1ccc(Oc2nccc(C(F)(F)F)n2)cc1. The van der Waals surface area contributed by atoms with Gasteiger partial charge in [0.15, 0.2) is 5.69 Å². The smallest absolute Gasteiger partial charge is 0.424 e. The van der Waals surface area contributed by atoms with Crippen LogP contribution in [-0.4, -0.2) is 16.3 Å². The highest BCUT2D eigenvalue weighted by molar-refractivity contribution is 5.74. The Balaban J connectivity index is 2.20. The maximum absolute atomic E-state index is 12.4. The third-order valence-electron chi connectivity index (χ3n) is 2.15. The van der Waals surface area contributed by atoms with Crippen LogP contribution in [0.5, 0.6) is 11.8 Å². The van der Waals surface area contributed by atoms with E-state index in [4.69, 9.17) is 4.74 Å². The van der Waals surface area contributed by atoms with Gasteiger partial charge < -0.3 is 4.74 Å². The molecule has 0 N–H and O–H groups in total. The van der Waals surface area contributed by atoms with Gasteiger partial charge in [0.25, 0.3) is 0 Å². The van der Waals surface area contributed by atoms with E-state index in [1.807, 2.05) is 0 Å². The molecular formula is C12H7F3N2O2. The Morgan fingerprint density at radius 2 is 1.79 bits per heavy atom. The molecule has 2 aromatic rings. The summed E-state index contributed by atoms with van der Waals surface area (Å²) in [5.74, 6) is 0.241. The van der Waals surface area contributed by atoms with Crippen molar-refractivity contribution in [1.29, 1.82) is 0 Å². The number of aromatic nitrogens is 2. The molecule has 1 heterocycles. The summed E-state index contributed by atoms with van der Waals surface area (Å²) in [6.45, 7) is 0. The zero-order chi connectivity index (χ0) is 13.9. The number of carbonyl (C=O) groups excluding carboxylic acids is 1. The van der Waals surface area contributed by atoms with Gasteiger partial charge in [0.2, 0.25) is 0 Å². The Morgan fingerprint density at radius 3 is 2.37 bits per heavy atom. The van der Waals surface area contributed by atoms with E-state index >= 15 is 0 Å². The topological polar surface area (TPSA) is 52.1 Å². The number of alkyl halides is 3. The van der Waals surface area contributed by atoms with Gasteiger partial charge in [-0.2, -0.15) is 18.2 Å². The van der Waals surface area contributed by atoms with Crippen LogP contribution >= 0.6 is 0 Å². The van der Waals surface area contributed by atoms with Gasteiger partial charge in [-0.15, -0.1) is 0 Å². The molecule has 0 atom stereocenters. The lowest BCUT2D eigenvalue weighted by atomic mass is 10.2. The highest BCUT2D eigenvalue weighted by Gasteiger charge is 2.33. The van der Waals surface area contributed by atoms with Crippen molar-refractivity contribution in [2.45, 2.75) is 6.18 Å². The van der Waals surface area contributed by atoms with Crippen LogP contribution in [0.3, 0.4) is 0 Å². The van der Waals surface area contributed by atoms with Crippen LogP contribution in [0.25, 0.3) is 0 Å². The van der Waals surface area contributed by atoms with Crippen LogP contribution in [0.1, 0.15) is 16.1 Å². The van der Waals surface area contributed by atoms with E-state index in [1.165, 1.54) is 24.3 Å². The highest BCUT2D eigenvalue weighted by atomic mass is 19.4. The molecule has 0 aliphatic carbocycles. The first-order chi connectivity index (χ1) is 8.99. The zero-order valence-electron chi connectivity index (χ0n) is 9.39. The summed E-state index contributed by atoms with van der Waals surface area (Å²) >= 11 is 0. The number of hydrogen-bond donors (Lipinski definition) is 0. The van der Waals surface area contributed by atoms with E-state index in [0.29, 0.717) is 11.8 Å². The molecule has 0 saturated heterocycles. The van der Waals surface area contributed by atoms with Gasteiger partial charge >= 0.3 is 12.2 Å². The summed E-state index contributed by atoms with van der Waals surface area (Å²) in [5, 5.41) is 0. The highest BCUT2D eigenvalue weighted by Crippen LogP contribution is 2.28. The fourth-order valence-corrected chi connectivity index (χ4v) is 1.27. The summed E-state index contributed by atoms with van der Waals surface area (Å²) in [4.78, 5) is 17.3. The van der Waals surface area contributed by atoms with Gasteiger partial charge in [-0.05, 0) is 30.3 Å². The quantitative estimate of drug-likeness (QED) is 0.802. The van der Waals surface area contributed by atoms with Gasteiger partial charge in [0, 0.05) is 11.8 Å². The lowest BCUT2D eigenvalue weighted by Crippen LogP contribution is -2.08. The van der Waals surface area contributed by atoms with Crippen molar-refractivity contribution in [2.75, 3.05) is 0 Å². The maximum atomic E-state index is 12.4. The fourth-order valence-electron chi connectivity index (χ4n) is 1.27. The third-order valence-corrected chi connectivity index (χ3v) is 2.15. The Hall–Kier alpha value is -2.44. The van der Waals surface area contributed by atoms with Gasteiger partial charge in [-0.3, -0.25) is 4.79 Å². The van der Waals surface area contributed by atoms with Crippen molar-refractivity contribution in [2.24, 2.45) is 0 Å². The van der Waals surface area contributed by atoms with Crippen molar-refractivity contribution in [3.8, 4) is 11.8 Å². The Bertz CT molecular complexity index is 582. The number of aldehydes is 1. The number of rotatable bonds is 3. The van der Waals surface area contributed by atoms with Crippen LogP contribution in [-0.2, 0) is 6.18 Å². The van der Waals surface area contributed by atoms with Crippen LogP contribution in [0, 0.1) is 0 Å². The number of ether oxygens (including phenoxy) is 1. The van der Waals surface area contributed by atoms with Gasteiger partial charge in [-0.1, -0.05) is 0 Å². The third kappa shape index (κ3) is 3.27. The van der Waals surface area contributed by atoms with Gasteiger partial charge in [-0.25, -0.2) is 4.98 Å². The number of halogens is 3. The summed E-state index contributed by atoms with van der Waals surface area (Å²) in [7, 11) is 0. The van der Waals surface area contributed by atoms with E-state index in [-0.39, 0.29) is 5.75 Å². The molecule has 7 heteroatoms. The van der Waals surface area contributed by atoms with Gasteiger partial charge in [0.05, 0.1) is 0 Å². The zero-order valence-corrected chi connectivity index (χ0v) is 9.39. The Morgan fingerprint density at radius 1 is 1.11 bits per heavy atom. The standard InChI is InChI=1S/C12H7F3N2O2/c13-12(14,15)10-5-6-16-11(17-10)19-9-3-1-8(7-18)2-4-9/h1-7H. The molecular weight excluding hydrogens is 261 g/mol. The number of hydrogen-bond acceptors (Lipinski definition) is 4. The van der Waals surface area contributed by atoms with Crippen LogP contribution in [0.2, 0.25) is 0 Å². The van der Waals surface area contributed by atoms with Crippen LogP contribution < -0.4 is 4.74 Å². The number of benzene rings is 1. The van der Waals surface area contributed by atoms with E-state index in [2.05, 4.69) is 9.97 Å². The van der Waals surface area contributed by atoms with Crippen molar-refractivity contribution in [3.05, 3.63) is 47.8 Å². The van der Waals surface area contributed by atoms with Crippen molar-refractivity contribution in [1.82, 2.24) is 9.97 Å². The normalized spacial score (nSPS) is 11.1. The summed E-state index contributed by atoms with van der Waals surface area (Å²) < 4.78 is 42.3. The maximum Gasteiger partial charge on any atom is 0.433 e. The monoisotopic (exact) mass is 268 g/mol. The van der Waals surface area contributed by atoms with E-state index < -0.39 is 17.9 Å². The van der Waals surface area contributed by atoms with E-state index in [0.717, 1.165) is 12.3 Å². The summed E-state index contributed by atoms with van der Waals surface area (Å²) in [5.41, 5.74) is -0.653. The molecule has 0 fully saturated rings. The average molecular weight is 268 g/mol. The van der Waals surface area contributed by atoms with Crippen molar-refractivity contribution >= 4 is 6.29 Å². The average Bonchev–Trinajstić information content (AvgIpc) is 2.39. The number of carbonyl (C=O) groups is 1. The first-order valence-electron chi connectivity index (χ1n) is 5.12. The lowest BCUT2D eigenvalue weighted by molar-refractivity contribution is -0.141. The van der Waals surface area contributed by atoms with Crippen molar-refractivity contribution in [3.63, 3.8) is 0 Å². The minimum Gasteiger partial charge on any atom is -0.424 e. The lowest BCUT2D eigenvalue weighted by Gasteiger charge is -2.07. The fraction of sp³-hybridized carbons (Fsp3) is 0.0833. The summed E-state index contributed by atoms with van der Waals surface area (Å²) in [6, 6.07) is 6.16. The molecule has 1 aromatic carbocycles. The molecule has 1 aromatic heterocycles. The molecule has 2 rings (SSSR count). The molecule has 0 radical (unpaired) electrons. The minimum atomic E-state index is -4.55. The molecule has 0 aliphatic heterocycles. The molecule has 19 heavy (non-hydrogen) atoms. The molecule has 0 bridgehead atoms. The van der Waals surface area contributed by atoms with Crippen LogP contribution in [0.15, 0.2) is 36.5 Å². The summed E-state index contributed by atoms with van der Waals surface area (Å²) in [6.07, 6.45) is -2.95. The molecule has 0 spiro atoms. The molecule has 0 saturated carbocycles. The molecule has 0 aliphatic rings. The van der Waals surface area contributed by atoms with Gasteiger partial charge in [0.1, 0.15) is 12.0 Å². The molecule has 98 valence electrons. The second-order valence-corrected chi connectivity index (χ2v) is 3.51. The molecule has 0 amide bonds. The number of nitrogens with zero attached hydrogens (tertiary/aromatic N) is 2. The predicted octanol–water partition coefficient (Wildman–Crippen LogP) is 3.10. The van der Waals surface area contributed by atoms with E-state index in [9.17, 15) is 18.0 Å². The largest absolute Gasteiger partial charge is 0.433 e. The Labute approximate surface area is 105 Å².